The molecule has 3 heterocycles. The smallest absolute Gasteiger partial charge is 0.246 e. The fourth-order valence-electron chi connectivity index (χ4n) is 4.01. The Kier molecular flexibility index (Phi) is 5.18. The first kappa shape index (κ1) is 18.7. The fourth-order valence-corrected chi connectivity index (χ4v) is 5.13. The van der Waals surface area contributed by atoms with Crippen molar-refractivity contribution in [2.24, 2.45) is 0 Å². The van der Waals surface area contributed by atoms with E-state index in [9.17, 15) is 4.79 Å². The SMILES string of the molecule is C=CC(=O)N1Cc2sc(C)cc2C(c2ccccc2-c2cncc(BC)c2)C1. The number of thiophene rings is 1. The molecule has 4 rings (SSSR count). The molecule has 1 aromatic carbocycles. The fraction of sp³-hybridized carbons (Fsp3) is 0.217. The molecule has 28 heavy (non-hydrogen) atoms. The first-order valence-electron chi connectivity index (χ1n) is 9.64. The maximum absolute atomic E-state index is 12.4. The van der Waals surface area contributed by atoms with Crippen LogP contribution in [0.25, 0.3) is 11.1 Å². The van der Waals surface area contributed by atoms with Crippen molar-refractivity contribution in [3.63, 3.8) is 0 Å². The van der Waals surface area contributed by atoms with E-state index in [1.165, 1.54) is 38.0 Å². The Morgan fingerprint density at radius 3 is 2.89 bits per heavy atom. The van der Waals surface area contributed by atoms with Gasteiger partial charge in [0.1, 0.15) is 0 Å². The highest BCUT2D eigenvalue weighted by atomic mass is 32.1. The van der Waals surface area contributed by atoms with Gasteiger partial charge < -0.3 is 4.90 Å². The lowest BCUT2D eigenvalue weighted by Gasteiger charge is -2.33. The zero-order chi connectivity index (χ0) is 19.7. The van der Waals surface area contributed by atoms with Gasteiger partial charge in [-0.1, -0.05) is 49.2 Å². The summed E-state index contributed by atoms with van der Waals surface area (Å²) in [6, 6.07) is 13.0. The summed E-state index contributed by atoms with van der Waals surface area (Å²) >= 11 is 1.79. The molecule has 0 saturated heterocycles. The van der Waals surface area contributed by atoms with E-state index in [1.807, 2.05) is 17.3 Å². The van der Waals surface area contributed by atoms with Crippen molar-refractivity contribution in [2.75, 3.05) is 6.54 Å². The van der Waals surface area contributed by atoms with E-state index in [4.69, 9.17) is 0 Å². The Morgan fingerprint density at radius 1 is 1.29 bits per heavy atom. The van der Waals surface area contributed by atoms with E-state index in [0.29, 0.717) is 13.1 Å². The first-order chi connectivity index (χ1) is 13.6. The number of carbonyl (C=O) groups is 1. The molecular formula is C23H23BN2OS. The van der Waals surface area contributed by atoms with Gasteiger partial charge in [-0.25, -0.2) is 0 Å². The Bertz CT molecular complexity index is 1040. The molecule has 1 amide bonds. The number of pyridine rings is 1. The summed E-state index contributed by atoms with van der Waals surface area (Å²) < 4.78 is 0. The number of amides is 1. The van der Waals surface area contributed by atoms with Gasteiger partial charge in [0.15, 0.2) is 7.28 Å². The van der Waals surface area contributed by atoms with Crippen molar-refractivity contribution in [3.8, 4) is 11.1 Å². The largest absolute Gasteiger partial charge is 0.333 e. The third-order valence-electron chi connectivity index (χ3n) is 5.41. The molecule has 1 aliphatic heterocycles. The molecule has 0 bridgehead atoms. The quantitative estimate of drug-likeness (QED) is 0.504. The van der Waals surface area contributed by atoms with Gasteiger partial charge in [-0.3, -0.25) is 9.78 Å². The summed E-state index contributed by atoms with van der Waals surface area (Å²) in [4.78, 5) is 21.3. The minimum absolute atomic E-state index is 0.00571. The molecule has 1 unspecified atom stereocenters. The molecule has 3 nitrogen and oxygen atoms in total. The summed E-state index contributed by atoms with van der Waals surface area (Å²) in [6.07, 6.45) is 5.29. The number of nitrogens with zero attached hydrogens (tertiary/aromatic N) is 2. The third-order valence-corrected chi connectivity index (χ3v) is 6.47. The van der Waals surface area contributed by atoms with Gasteiger partial charge in [-0.05, 0) is 41.3 Å². The van der Waals surface area contributed by atoms with E-state index in [-0.39, 0.29) is 11.8 Å². The molecular weight excluding hydrogens is 363 g/mol. The molecule has 2 aromatic heterocycles. The van der Waals surface area contributed by atoms with Crippen molar-refractivity contribution < 1.29 is 4.79 Å². The minimum atomic E-state index is -0.00571. The molecule has 5 heteroatoms. The van der Waals surface area contributed by atoms with Crippen molar-refractivity contribution in [1.82, 2.24) is 9.88 Å². The van der Waals surface area contributed by atoms with Crippen LogP contribution in [0.1, 0.15) is 26.8 Å². The van der Waals surface area contributed by atoms with E-state index in [2.05, 4.69) is 61.7 Å². The third kappa shape index (κ3) is 3.42. The Morgan fingerprint density at radius 2 is 2.11 bits per heavy atom. The highest BCUT2D eigenvalue weighted by Crippen LogP contribution is 2.41. The maximum atomic E-state index is 12.4. The van der Waals surface area contributed by atoms with Crippen LogP contribution in [0, 0.1) is 6.92 Å². The lowest BCUT2D eigenvalue weighted by atomic mass is 9.73. The molecule has 3 aromatic rings. The summed E-state index contributed by atoms with van der Waals surface area (Å²) in [7, 11) is 0.960. The van der Waals surface area contributed by atoms with Crippen LogP contribution < -0.4 is 5.46 Å². The van der Waals surface area contributed by atoms with Gasteiger partial charge in [-0.15, -0.1) is 11.3 Å². The summed E-state index contributed by atoms with van der Waals surface area (Å²) in [5.41, 5.74) is 6.15. The highest BCUT2D eigenvalue weighted by Gasteiger charge is 2.31. The monoisotopic (exact) mass is 386 g/mol. The van der Waals surface area contributed by atoms with Crippen LogP contribution in [0.2, 0.25) is 6.82 Å². The number of rotatable bonds is 4. The van der Waals surface area contributed by atoms with Crippen LogP contribution in [0.15, 0.2) is 61.4 Å². The zero-order valence-corrected chi connectivity index (χ0v) is 17.1. The number of hydrogen-bond acceptors (Lipinski definition) is 3. The number of fused-ring (bicyclic) bond motifs is 1. The number of aromatic nitrogens is 1. The van der Waals surface area contributed by atoms with Crippen molar-refractivity contribution in [1.29, 1.82) is 0 Å². The van der Waals surface area contributed by atoms with E-state index in [1.54, 1.807) is 11.3 Å². The zero-order valence-electron chi connectivity index (χ0n) is 16.3. The van der Waals surface area contributed by atoms with Crippen molar-refractivity contribution in [3.05, 3.63) is 82.3 Å². The van der Waals surface area contributed by atoms with Gasteiger partial charge in [0.2, 0.25) is 5.91 Å². The molecule has 0 aliphatic carbocycles. The summed E-state index contributed by atoms with van der Waals surface area (Å²) in [6.45, 7) is 9.31. The van der Waals surface area contributed by atoms with Crippen LogP contribution in [0.4, 0.5) is 0 Å². The second-order valence-electron chi connectivity index (χ2n) is 7.23. The van der Waals surface area contributed by atoms with Crippen LogP contribution in [0.5, 0.6) is 0 Å². The van der Waals surface area contributed by atoms with Gasteiger partial charge >= 0.3 is 0 Å². The van der Waals surface area contributed by atoms with Gasteiger partial charge in [0.05, 0.1) is 6.54 Å². The van der Waals surface area contributed by atoms with Gasteiger partial charge in [0.25, 0.3) is 0 Å². The summed E-state index contributed by atoms with van der Waals surface area (Å²) in [5.74, 6) is 0.146. The highest BCUT2D eigenvalue weighted by molar-refractivity contribution is 7.12. The number of benzene rings is 1. The topological polar surface area (TPSA) is 33.2 Å². The molecule has 0 fully saturated rings. The molecule has 1 aliphatic rings. The van der Waals surface area contributed by atoms with Crippen molar-refractivity contribution >= 4 is 30.0 Å². The van der Waals surface area contributed by atoms with Crippen LogP contribution in [-0.4, -0.2) is 29.6 Å². The van der Waals surface area contributed by atoms with Gasteiger partial charge in [0, 0.05) is 34.6 Å². The molecule has 1 atom stereocenters. The average molecular weight is 386 g/mol. The normalized spacial score (nSPS) is 15.8. The molecule has 0 N–H and O–H groups in total. The van der Waals surface area contributed by atoms with Crippen LogP contribution in [0.3, 0.4) is 0 Å². The Labute approximate surface area is 171 Å². The van der Waals surface area contributed by atoms with E-state index >= 15 is 0 Å². The van der Waals surface area contributed by atoms with Crippen molar-refractivity contribution in [2.45, 2.75) is 26.2 Å². The minimum Gasteiger partial charge on any atom is -0.333 e. The average Bonchev–Trinajstić information content (AvgIpc) is 3.12. The first-order valence-corrected chi connectivity index (χ1v) is 10.5. The molecule has 0 spiro atoms. The molecule has 0 saturated carbocycles. The Hall–Kier alpha value is -2.66. The molecule has 0 radical (unpaired) electrons. The summed E-state index contributed by atoms with van der Waals surface area (Å²) in [5, 5.41) is 0. The predicted molar refractivity (Wildman–Crippen MR) is 119 cm³/mol. The van der Waals surface area contributed by atoms with Crippen LogP contribution in [-0.2, 0) is 11.3 Å². The number of aryl methyl sites for hydroxylation is 1. The second kappa shape index (κ2) is 7.76. The lowest BCUT2D eigenvalue weighted by molar-refractivity contribution is -0.127. The molecule has 140 valence electrons. The van der Waals surface area contributed by atoms with Gasteiger partial charge in [-0.2, -0.15) is 0 Å². The Balaban J connectivity index is 1.84. The number of hydrogen-bond donors (Lipinski definition) is 0. The number of carbonyl (C=O) groups excluding carboxylic acids is 1. The second-order valence-corrected chi connectivity index (χ2v) is 8.57. The van der Waals surface area contributed by atoms with E-state index < -0.39 is 0 Å². The maximum Gasteiger partial charge on any atom is 0.246 e. The lowest BCUT2D eigenvalue weighted by Crippen LogP contribution is -2.37. The predicted octanol–water partition coefficient (Wildman–Crippen LogP) is 3.89. The van der Waals surface area contributed by atoms with Crippen LogP contribution >= 0.6 is 11.3 Å². The standard InChI is InChI=1S/C23H23BN2OS/c1-4-23(27)26-13-21(20-9-15(2)28-22(20)14-26)19-8-6-5-7-18(19)16-10-17(24-3)12-25-11-16/h4-12,21,24H,1,13-14H2,2-3H3. The van der Waals surface area contributed by atoms with E-state index in [0.717, 1.165) is 12.8 Å².